The molecule has 0 saturated heterocycles. The number of rotatable bonds is 3. The number of aliphatic hydroxyl groups is 2. The number of hydrogen-bond donors (Lipinski definition) is 2. The van der Waals surface area contributed by atoms with Gasteiger partial charge < -0.3 is 14.9 Å². The summed E-state index contributed by atoms with van der Waals surface area (Å²) in [5, 5.41) is 26.9. The van der Waals surface area contributed by atoms with Crippen LogP contribution in [0.3, 0.4) is 0 Å². The van der Waals surface area contributed by atoms with Crippen LogP contribution < -0.4 is 4.74 Å². The first-order chi connectivity index (χ1) is 7.08. The Morgan fingerprint density at radius 2 is 2.07 bits per heavy atom. The minimum absolute atomic E-state index is 0.0981. The van der Waals surface area contributed by atoms with Crippen molar-refractivity contribution in [3.63, 3.8) is 0 Å². The van der Waals surface area contributed by atoms with Crippen molar-refractivity contribution < 1.29 is 19.3 Å². The number of aliphatic hydroxyl groups excluding tert-OH is 2. The SMILES string of the molecule is COc1cc(F)cc(C(O)C(O)C#N)c1. The predicted molar refractivity (Wildman–Crippen MR) is 49.5 cm³/mol. The summed E-state index contributed by atoms with van der Waals surface area (Å²) in [5.74, 6) is -0.386. The minimum atomic E-state index is -1.59. The molecule has 0 bridgehead atoms. The third kappa shape index (κ3) is 2.65. The van der Waals surface area contributed by atoms with Gasteiger partial charge in [-0.05, 0) is 17.7 Å². The van der Waals surface area contributed by atoms with Crippen molar-refractivity contribution in [1.82, 2.24) is 0 Å². The highest BCUT2D eigenvalue weighted by molar-refractivity contribution is 5.31. The second kappa shape index (κ2) is 4.73. The molecule has 1 rings (SSSR count). The van der Waals surface area contributed by atoms with E-state index >= 15 is 0 Å². The van der Waals surface area contributed by atoms with E-state index in [2.05, 4.69) is 0 Å². The molecule has 0 aliphatic heterocycles. The van der Waals surface area contributed by atoms with Crippen LogP contribution in [-0.2, 0) is 0 Å². The Labute approximate surface area is 86.2 Å². The summed E-state index contributed by atoms with van der Waals surface area (Å²) in [6.45, 7) is 0. The summed E-state index contributed by atoms with van der Waals surface area (Å²) in [6.07, 6.45) is -3.03. The summed E-state index contributed by atoms with van der Waals surface area (Å²) in [5.41, 5.74) is 0.0981. The second-order valence-corrected chi connectivity index (χ2v) is 2.94. The van der Waals surface area contributed by atoms with Crippen LogP contribution in [0.4, 0.5) is 4.39 Å². The zero-order valence-electron chi connectivity index (χ0n) is 8.01. The Morgan fingerprint density at radius 3 is 2.60 bits per heavy atom. The van der Waals surface area contributed by atoms with E-state index in [-0.39, 0.29) is 11.3 Å². The lowest BCUT2D eigenvalue weighted by molar-refractivity contribution is 0.0524. The average molecular weight is 211 g/mol. The Bertz CT molecular complexity index is 389. The largest absolute Gasteiger partial charge is 0.497 e. The van der Waals surface area contributed by atoms with Gasteiger partial charge in [-0.3, -0.25) is 0 Å². The van der Waals surface area contributed by atoms with Gasteiger partial charge in [-0.2, -0.15) is 5.26 Å². The molecule has 15 heavy (non-hydrogen) atoms. The quantitative estimate of drug-likeness (QED) is 0.723. The molecule has 2 atom stereocenters. The Balaban J connectivity index is 3.04. The minimum Gasteiger partial charge on any atom is -0.497 e. The van der Waals surface area contributed by atoms with Crippen molar-refractivity contribution in [1.29, 1.82) is 5.26 Å². The first-order valence-corrected chi connectivity index (χ1v) is 4.18. The highest BCUT2D eigenvalue weighted by atomic mass is 19.1. The molecular formula is C10H10FNO3. The van der Waals surface area contributed by atoms with E-state index in [1.54, 1.807) is 0 Å². The third-order valence-electron chi connectivity index (χ3n) is 1.90. The van der Waals surface area contributed by atoms with E-state index in [1.165, 1.54) is 19.2 Å². The fourth-order valence-electron chi connectivity index (χ4n) is 1.13. The molecule has 2 N–H and O–H groups in total. The molecule has 0 heterocycles. The number of nitrogens with zero attached hydrogens (tertiary/aromatic N) is 1. The Morgan fingerprint density at radius 1 is 1.40 bits per heavy atom. The maximum absolute atomic E-state index is 13.0. The van der Waals surface area contributed by atoms with E-state index < -0.39 is 18.0 Å². The van der Waals surface area contributed by atoms with Gasteiger partial charge in [0, 0.05) is 6.07 Å². The van der Waals surface area contributed by atoms with Crippen molar-refractivity contribution in [2.75, 3.05) is 7.11 Å². The second-order valence-electron chi connectivity index (χ2n) is 2.94. The van der Waals surface area contributed by atoms with Crippen LogP contribution in [0.5, 0.6) is 5.75 Å². The topological polar surface area (TPSA) is 73.5 Å². The van der Waals surface area contributed by atoms with E-state index in [4.69, 9.17) is 15.1 Å². The van der Waals surface area contributed by atoms with Gasteiger partial charge >= 0.3 is 0 Å². The van der Waals surface area contributed by atoms with Gasteiger partial charge in [0.15, 0.2) is 6.10 Å². The van der Waals surface area contributed by atoms with Gasteiger partial charge in [0.1, 0.15) is 17.7 Å². The van der Waals surface area contributed by atoms with E-state index in [9.17, 15) is 9.50 Å². The fraction of sp³-hybridized carbons (Fsp3) is 0.300. The summed E-state index contributed by atoms with van der Waals surface area (Å²) in [4.78, 5) is 0. The van der Waals surface area contributed by atoms with Crippen LogP contribution in [0.25, 0.3) is 0 Å². The van der Waals surface area contributed by atoms with E-state index in [0.717, 1.165) is 12.1 Å². The van der Waals surface area contributed by atoms with Crippen molar-refractivity contribution in [3.8, 4) is 11.8 Å². The summed E-state index contributed by atoms with van der Waals surface area (Å²) in [7, 11) is 1.35. The molecule has 2 unspecified atom stereocenters. The molecule has 80 valence electrons. The first-order valence-electron chi connectivity index (χ1n) is 4.18. The maximum atomic E-state index is 13.0. The van der Waals surface area contributed by atoms with Crippen molar-refractivity contribution in [3.05, 3.63) is 29.6 Å². The molecule has 0 aliphatic carbocycles. The molecule has 0 fully saturated rings. The Kier molecular flexibility index (Phi) is 3.61. The lowest BCUT2D eigenvalue weighted by Gasteiger charge is -2.13. The highest BCUT2D eigenvalue weighted by Crippen LogP contribution is 2.23. The van der Waals surface area contributed by atoms with Crippen LogP contribution >= 0.6 is 0 Å². The number of benzene rings is 1. The van der Waals surface area contributed by atoms with Crippen molar-refractivity contribution in [2.24, 2.45) is 0 Å². The molecular weight excluding hydrogens is 201 g/mol. The molecule has 0 radical (unpaired) electrons. The van der Waals surface area contributed by atoms with Crippen LogP contribution in [0, 0.1) is 17.1 Å². The van der Waals surface area contributed by atoms with Gasteiger partial charge in [-0.25, -0.2) is 4.39 Å². The highest BCUT2D eigenvalue weighted by Gasteiger charge is 2.19. The van der Waals surface area contributed by atoms with Gasteiger partial charge in [0.2, 0.25) is 0 Å². The standard InChI is InChI=1S/C10H10FNO3/c1-15-8-3-6(2-7(11)4-8)10(14)9(13)5-12/h2-4,9-10,13-14H,1H3. The zero-order valence-corrected chi connectivity index (χ0v) is 8.01. The predicted octanol–water partition coefficient (Wildman–Crippen LogP) is 0.752. The van der Waals surface area contributed by atoms with E-state index in [1.807, 2.05) is 0 Å². The van der Waals surface area contributed by atoms with Crippen LogP contribution in [0.15, 0.2) is 18.2 Å². The summed E-state index contributed by atoms with van der Waals surface area (Å²) in [6, 6.07) is 4.99. The lowest BCUT2D eigenvalue weighted by atomic mass is 10.0. The van der Waals surface area contributed by atoms with Gasteiger partial charge in [0.05, 0.1) is 13.2 Å². The van der Waals surface area contributed by atoms with Crippen LogP contribution in [0.2, 0.25) is 0 Å². The number of hydrogen-bond acceptors (Lipinski definition) is 4. The molecule has 1 aromatic carbocycles. The van der Waals surface area contributed by atoms with Gasteiger partial charge in [-0.1, -0.05) is 0 Å². The van der Waals surface area contributed by atoms with Crippen molar-refractivity contribution >= 4 is 0 Å². The normalized spacial score (nSPS) is 14.1. The van der Waals surface area contributed by atoms with Gasteiger partial charge in [0.25, 0.3) is 0 Å². The lowest BCUT2D eigenvalue weighted by Crippen LogP contribution is -2.15. The van der Waals surface area contributed by atoms with Crippen LogP contribution in [0.1, 0.15) is 11.7 Å². The number of ether oxygens (including phenoxy) is 1. The summed E-state index contributed by atoms with van der Waals surface area (Å²) < 4.78 is 17.8. The molecule has 0 aliphatic rings. The average Bonchev–Trinajstić information content (AvgIpc) is 2.26. The first kappa shape index (κ1) is 11.4. The molecule has 1 aromatic rings. The monoisotopic (exact) mass is 211 g/mol. The molecule has 5 heteroatoms. The van der Waals surface area contributed by atoms with Crippen molar-refractivity contribution in [2.45, 2.75) is 12.2 Å². The molecule has 0 spiro atoms. The molecule has 0 saturated carbocycles. The number of methoxy groups -OCH3 is 1. The smallest absolute Gasteiger partial charge is 0.170 e. The number of nitriles is 1. The number of halogens is 1. The maximum Gasteiger partial charge on any atom is 0.170 e. The van der Waals surface area contributed by atoms with Crippen LogP contribution in [-0.4, -0.2) is 23.4 Å². The molecule has 4 nitrogen and oxygen atoms in total. The zero-order chi connectivity index (χ0) is 11.4. The Hall–Kier alpha value is -1.64. The third-order valence-corrected chi connectivity index (χ3v) is 1.90. The van der Waals surface area contributed by atoms with Gasteiger partial charge in [-0.15, -0.1) is 0 Å². The fourth-order valence-corrected chi connectivity index (χ4v) is 1.13. The summed E-state index contributed by atoms with van der Waals surface area (Å²) >= 11 is 0. The van der Waals surface area contributed by atoms with E-state index in [0.29, 0.717) is 0 Å². The molecule has 0 aromatic heterocycles. The molecule has 0 amide bonds.